The smallest absolute Gasteiger partial charge is 0.169 e. The van der Waals surface area contributed by atoms with Crippen molar-refractivity contribution in [1.29, 1.82) is 0 Å². The summed E-state index contributed by atoms with van der Waals surface area (Å²) in [5, 5.41) is 4.00. The van der Waals surface area contributed by atoms with Crippen LogP contribution >= 0.6 is 12.2 Å². The number of hydrogen-bond donors (Lipinski definition) is 1. The van der Waals surface area contributed by atoms with E-state index in [1.54, 1.807) is 21.3 Å². The molecule has 0 saturated heterocycles. The van der Waals surface area contributed by atoms with Crippen LogP contribution in [0.2, 0.25) is 0 Å². The van der Waals surface area contributed by atoms with E-state index in [1.165, 1.54) is 5.56 Å². The number of ether oxygens (including phenoxy) is 4. The van der Waals surface area contributed by atoms with E-state index in [2.05, 4.69) is 16.3 Å². The third kappa shape index (κ3) is 4.67. The van der Waals surface area contributed by atoms with Gasteiger partial charge < -0.3 is 29.2 Å². The Hall–Kier alpha value is -2.67. The maximum absolute atomic E-state index is 6.13. The number of nitrogens with zero attached hydrogens (tertiary/aromatic N) is 1. The predicted octanol–water partition coefficient (Wildman–Crippen LogP) is 3.59. The number of methoxy groups -OCH3 is 3. The van der Waals surface area contributed by atoms with E-state index >= 15 is 0 Å². The van der Waals surface area contributed by atoms with Crippen LogP contribution in [0, 0.1) is 0 Å². The predicted molar refractivity (Wildman–Crippen MR) is 117 cm³/mol. The van der Waals surface area contributed by atoms with Crippen molar-refractivity contribution in [2.75, 3.05) is 41.0 Å². The molecule has 1 N–H and O–H groups in total. The molecule has 1 atom stereocenters. The van der Waals surface area contributed by atoms with E-state index in [-0.39, 0.29) is 6.04 Å². The van der Waals surface area contributed by atoms with Gasteiger partial charge in [0.1, 0.15) is 18.1 Å². The fourth-order valence-electron chi connectivity index (χ4n) is 3.55. The van der Waals surface area contributed by atoms with Crippen LogP contribution in [0.4, 0.5) is 0 Å². The summed E-state index contributed by atoms with van der Waals surface area (Å²) in [5.41, 5.74) is 2.36. The van der Waals surface area contributed by atoms with Crippen molar-refractivity contribution in [2.24, 2.45) is 0 Å². The molecule has 0 amide bonds. The van der Waals surface area contributed by atoms with Gasteiger partial charge in [0.25, 0.3) is 0 Å². The fraction of sp³-hybridized carbons (Fsp3) is 0.409. The Bertz CT molecular complexity index is 841. The minimum atomic E-state index is -0.0350. The first-order valence-corrected chi connectivity index (χ1v) is 10.1. The third-order valence-electron chi connectivity index (χ3n) is 5.06. The average Bonchev–Trinajstić information content (AvgIpc) is 2.76. The third-order valence-corrected chi connectivity index (χ3v) is 5.44. The highest BCUT2D eigenvalue weighted by molar-refractivity contribution is 7.80. The summed E-state index contributed by atoms with van der Waals surface area (Å²) in [4.78, 5) is 2.19. The van der Waals surface area contributed by atoms with Crippen LogP contribution in [0.25, 0.3) is 0 Å². The summed E-state index contributed by atoms with van der Waals surface area (Å²) in [6.07, 6.45) is 0.875. The number of benzene rings is 2. The summed E-state index contributed by atoms with van der Waals surface area (Å²) in [6, 6.07) is 11.7. The van der Waals surface area contributed by atoms with Gasteiger partial charge in [-0.1, -0.05) is 0 Å². The number of hydrogen-bond acceptors (Lipinski definition) is 5. The van der Waals surface area contributed by atoms with Gasteiger partial charge in [0, 0.05) is 13.1 Å². The number of thiocarbonyl (C=S) groups is 1. The lowest BCUT2D eigenvalue weighted by Crippen LogP contribution is -2.47. The van der Waals surface area contributed by atoms with Crippen LogP contribution in [0.15, 0.2) is 36.4 Å². The molecule has 1 aliphatic rings. The Morgan fingerprint density at radius 3 is 2.31 bits per heavy atom. The zero-order chi connectivity index (χ0) is 20.8. The molecule has 2 aromatic rings. The van der Waals surface area contributed by atoms with Gasteiger partial charge in [-0.25, -0.2) is 0 Å². The first kappa shape index (κ1) is 21.0. The molecule has 29 heavy (non-hydrogen) atoms. The normalized spacial score (nSPS) is 15.3. The van der Waals surface area contributed by atoms with Crippen molar-refractivity contribution in [3.63, 3.8) is 0 Å². The molecular weight excluding hydrogens is 388 g/mol. The molecule has 7 heteroatoms. The molecule has 3 rings (SSSR count). The van der Waals surface area contributed by atoms with Gasteiger partial charge in [-0.05, 0) is 73.1 Å². The van der Waals surface area contributed by atoms with Crippen LogP contribution in [0.1, 0.15) is 24.1 Å². The molecule has 0 bridgehead atoms. The second-order valence-corrected chi connectivity index (χ2v) is 7.07. The summed E-state index contributed by atoms with van der Waals surface area (Å²) in [5.74, 6) is 3.03. The highest BCUT2D eigenvalue weighted by atomic mass is 32.1. The number of rotatable bonds is 7. The molecule has 6 nitrogen and oxygen atoms in total. The number of nitrogens with one attached hydrogen (secondary N) is 1. The Morgan fingerprint density at radius 1 is 1.03 bits per heavy atom. The second-order valence-electron chi connectivity index (χ2n) is 6.69. The van der Waals surface area contributed by atoms with E-state index in [0.29, 0.717) is 12.4 Å². The van der Waals surface area contributed by atoms with Crippen molar-refractivity contribution in [3.8, 4) is 23.0 Å². The van der Waals surface area contributed by atoms with Gasteiger partial charge in [-0.2, -0.15) is 0 Å². The topological polar surface area (TPSA) is 52.2 Å². The largest absolute Gasteiger partial charge is 0.497 e. The van der Waals surface area contributed by atoms with E-state index in [0.717, 1.165) is 47.4 Å². The minimum Gasteiger partial charge on any atom is -0.497 e. The van der Waals surface area contributed by atoms with Crippen molar-refractivity contribution in [3.05, 3.63) is 47.5 Å². The fourth-order valence-corrected chi connectivity index (χ4v) is 3.91. The molecule has 0 unspecified atom stereocenters. The van der Waals surface area contributed by atoms with Crippen LogP contribution in [0.5, 0.6) is 23.0 Å². The minimum absolute atomic E-state index is 0.0350. The zero-order valence-corrected chi connectivity index (χ0v) is 18.2. The van der Waals surface area contributed by atoms with E-state index in [4.69, 9.17) is 31.2 Å². The van der Waals surface area contributed by atoms with Gasteiger partial charge in [0.2, 0.25) is 0 Å². The quantitative estimate of drug-likeness (QED) is 0.693. The van der Waals surface area contributed by atoms with Crippen molar-refractivity contribution in [2.45, 2.75) is 19.4 Å². The molecule has 0 radical (unpaired) electrons. The molecule has 0 fully saturated rings. The zero-order valence-electron chi connectivity index (χ0n) is 17.4. The van der Waals surface area contributed by atoms with Gasteiger partial charge in [0.05, 0.1) is 27.4 Å². The molecule has 0 aliphatic carbocycles. The van der Waals surface area contributed by atoms with Gasteiger partial charge in [-0.15, -0.1) is 0 Å². The standard InChI is InChI=1S/C22H28N2O4S/c1-5-23-22(29)24-11-10-15-12-20(26-3)21(27-4)13-18(15)19(24)14-28-17-8-6-16(25-2)7-9-17/h6-9,12-13,19H,5,10-11,14H2,1-4H3,(H,23,29)/t19-/m0/s1. The van der Waals surface area contributed by atoms with Crippen LogP contribution in [-0.4, -0.2) is 51.0 Å². The first-order valence-electron chi connectivity index (χ1n) is 9.67. The van der Waals surface area contributed by atoms with Crippen LogP contribution in [0.3, 0.4) is 0 Å². The monoisotopic (exact) mass is 416 g/mol. The Balaban J connectivity index is 1.90. The molecule has 156 valence electrons. The van der Waals surface area contributed by atoms with Crippen LogP contribution in [-0.2, 0) is 6.42 Å². The average molecular weight is 417 g/mol. The summed E-state index contributed by atoms with van der Waals surface area (Å²) >= 11 is 5.64. The van der Waals surface area contributed by atoms with E-state index in [9.17, 15) is 0 Å². The van der Waals surface area contributed by atoms with E-state index in [1.807, 2.05) is 37.3 Å². The molecule has 0 aromatic heterocycles. The lowest BCUT2D eigenvalue weighted by Gasteiger charge is -2.39. The Labute approximate surface area is 177 Å². The number of fused-ring (bicyclic) bond motifs is 1. The SMILES string of the molecule is CCNC(=S)N1CCc2cc(OC)c(OC)cc2[C@@H]1COc1ccc(OC)cc1. The molecule has 0 spiro atoms. The van der Waals surface area contributed by atoms with Gasteiger partial charge in [0.15, 0.2) is 16.6 Å². The summed E-state index contributed by atoms with van der Waals surface area (Å²) in [6.45, 7) is 4.09. The first-order chi connectivity index (χ1) is 14.1. The molecule has 0 saturated carbocycles. The molecule has 2 aromatic carbocycles. The summed E-state index contributed by atoms with van der Waals surface area (Å²) in [7, 11) is 4.96. The van der Waals surface area contributed by atoms with Crippen molar-refractivity contribution < 1.29 is 18.9 Å². The van der Waals surface area contributed by atoms with Crippen molar-refractivity contribution in [1.82, 2.24) is 10.2 Å². The highest BCUT2D eigenvalue weighted by Crippen LogP contribution is 2.38. The molecular formula is C22H28N2O4S. The van der Waals surface area contributed by atoms with Gasteiger partial charge in [-0.3, -0.25) is 0 Å². The molecule has 1 aliphatic heterocycles. The van der Waals surface area contributed by atoms with Crippen LogP contribution < -0.4 is 24.3 Å². The van der Waals surface area contributed by atoms with E-state index < -0.39 is 0 Å². The summed E-state index contributed by atoms with van der Waals surface area (Å²) < 4.78 is 22.4. The Kier molecular flexibility index (Phi) is 7.04. The molecule has 1 heterocycles. The lowest BCUT2D eigenvalue weighted by molar-refractivity contribution is 0.187. The van der Waals surface area contributed by atoms with Gasteiger partial charge >= 0.3 is 0 Å². The maximum atomic E-state index is 6.13. The lowest BCUT2D eigenvalue weighted by atomic mass is 9.92. The van der Waals surface area contributed by atoms with Crippen molar-refractivity contribution >= 4 is 17.3 Å². The Morgan fingerprint density at radius 2 is 1.69 bits per heavy atom. The second kappa shape index (κ2) is 9.69. The maximum Gasteiger partial charge on any atom is 0.169 e. The highest BCUT2D eigenvalue weighted by Gasteiger charge is 2.31.